The van der Waals surface area contributed by atoms with Gasteiger partial charge in [-0.3, -0.25) is 9.78 Å². The first kappa shape index (κ1) is 21.7. The van der Waals surface area contributed by atoms with Crippen LogP contribution in [-0.4, -0.2) is 66.6 Å². The molecule has 9 heteroatoms. The molecule has 2 fully saturated rings. The molecule has 2 aliphatic rings. The molecule has 0 N–H and O–H groups in total. The minimum Gasteiger partial charge on any atom is -0.342 e. The van der Waals surface area contributed by atoms with Crippen molar-refractivity contribution in [1.29, 1.82) is 0 Å². The van der Waals surface area contributed by atoms with Crippen molar-refractivity contribution in [1.82, 2.24) is 19.9 Å². The van der Waals surface area contributed by atoms with Gasteiger partial charge in [-0.1, -0.05) is 6.07 Å². The van der Waals surface area contributed by atoms with Gasteiger partial charge in [0, 0.05) is 50.2 Å². The van der Waals surface area contributed by atoms with Crippen molar-refractivity contribution in [3.63, 3.8) is 0 Å². The van der Waals surface area contributed by atoms with Gasteiger partial charge >= 0.3 is 0 Å². The molecule has 2 aliphatic heterocycles. The highest BCUT2D eigenvalue weighted by atomic mass is 32.2. The van der Waals surface area contributed by atoms with E-state index >= 15 is 0 Å². The molecule has 2 saturated heterocycles. The fourth-order valence-corrected chi connectivity index (χ4v) is 5.21. The second-order valence-corrected chi connectivity index (χ2v) is 10.4. The highest BCUT2D eigenvalue weighted by Crippen LogP contribution is 2.32. The molecule has 0 saturated carbocycles. The summed E-state index contributed by atoms with van der Waals surface area (Å²) in [6, 6.07) is 5.56. The zero-order valence-electron chi connectivity index (χ0n) is 17.9. The van der Waals surface area contributed by atoms with Crippen molar-refractivity contribution in [2.45, 2.75) is 49.3 Å². The van der Waals surface area contributed by atoms with Crippen LogP contribution < -0.4 is 4.90 Å². The summed E-state index contributed by atoms with van der Waals surface area (Å²) in [4.78, 5) is 30.2. The molecule has 0 aliphatic carbocycles. The van der Waals surface area contributed by atoms with Gasteiger partial charge < -0.3 is 9.80 Å². The average molecular weight is 444 g/mol. The molecule has 0 aromatic carbocycles. The average Bonchev–Trinajstić information content (AvgIpc) is 2.79. The predicted molar refractivity (Wildman–Crippen MR) is 118 cm³/mol. The fraction of sp³-hybridized carbons (Fsp3) is 0.545. The van der Waals surface area contributed by atoms with Crippen LogP contribution in [0.2, 0.25) is 0 Å². The Hall–Kier alpha value is -2.55. The lowest BCUT2D eigenvalue weighted by atomic mass is 9.93. The third kappa shape index (κ3) is 5.20. The van der Waals surface area contributed by atoms with Crippen LogP contribution in [0.4, 0.5) is 5.95 Å². The molecule has 0 spiro atoms. The van der Waals surface area contributed by atoms with E-state index in [1.54, 1.807) is 6.20 Å². The Bertz CT molecular complexity index is 1010. The fourth-order valence-electron chi connectivity index (χ4n) is 4.37. The number of nitrogens with zero attached hydrogens (tertiary/aromatic N) is 5. The maximum absolute atomic E-state index is 12.7. The number of pyridine rings is 1. The van der Waals surface area contributed by atoms with Gasteiger partial charge in [0.1, 0.15) is 4.90 Å². The van der Waals surface area contributed by atoms with E-state index < -0.39 is 9.84 Å². The first-order valence-electron chi connectivity index (χ1n) is 10.9. The summed E-state index contributed by atoms with van der Waals surface area (Å²) < 4.78 is 24.8. The van der Waals surface area contributed by atoms with E-state index in [1.165, 1.54) is 18.9 Å². The maximum atomic E-state index is 12.7. The molecule has 2 aromatic rings. The second-order valence-electron chi connectivity index (χ2n) is 8.39. The number of likely N-dealkylation sites (tertiary alicyclic amines) is 1. The van der Waals surface area contributed by atoms with E-state index in [9.17, 15) is 13.2 Å². The first-order valence-corrected chi connectivity index (χ1v) is 12.8. The van der Waals surface area contributed by atoms with Crippen LogP contribution >= 0.6 is 0 Å². The number of piperidine rings is 2. The summed E-state index contributed by atoms with van der Waals surface area (Å²) in [5.41, 5.74) is 1.37. The third-order valence-electron chi connectivity index (χ3n) is 6.10. The van der Waals surface area contributed by atoms with Gasteiger partial charge in [0.25, 0.3) is 0 Å². The lowest BCUT2D eigenvalue weighted by Gasteiger charge is -2.33. The summed E-state index contributed by atoms with van der Waals surface area (Å²) in [6.07, 6.45) is 9.44. The number of hydrogen-bond acceptors (Lipinski definition) is 7. The molecule has 31 heavy (non-hydrogen) atoms. The van der Waals surface area contributed by atoms with Crippen molar-refractivity contribution in [3.05, 3.63) is 42.0 Å². The minimum absolute atomic E-state index is 0.00448. The van der Waals surface area contributed by atoms with E-state index in [-0.39, 0.29) is 23.1 Å². The Morgan fingerprint density at radius 1 is 1.06 bits per heavy atom. The number of aromatic nitrogens is 3. The Kier molecular flexibility index (Phi) is 6.50. The van der Waals surface area contributed by atoms with E-state index in [0.717, 1.165) is 31.6 Å². The lowest BCUT2D eigenvalue weighted by molar-refractivity contribution is -0.131. The SMILES string of the molecule is CS(=O)(=O)c1cnc(N2CCCCC2)nc1C1CCN(C(=O)Cc2ccccn2)CC1. The summed E-state index contributed by atoms with van der Waals surface area (Å²) in [5.74, 6) is 0.670. The minimum atomic E-state index is -3.43. The molecule has 0 bridgehead atoms. The third-order valence-corrected chi connectivity index (χ3v) is 7.21. The van der Waals surface area contributed by atoms with E-state index in [0.29, 0.717) is 37.6 Å². The van der Waals surface area contributed by atoms with Gasteiger partial charge in [0.2, 0.25) is 11.9 Å². The van der Waals surface area contributed by atoms with Crippen LogP contribution in [0.15, 0.2) is 35.5 Å². The molecular formula is C22H29N5O3S. The summed E-state index contributed by atoms with van der Waals surface area (Å²) in [6.45, 7) is 2.97. The standard InChI is InChI=1S/C22H29N5O3S/c1-31(29,30)19-16-24-22(27-11-5-2-6-12-27)25-21(19)17-8-13-26(14-9-17)20(28)15-18-7-3-4-10-23-18/h3-4,7,10,16-17H,2,5-6,8-9,11-15H2,1H3. The van der Waals surface area contributed by atoms with Gasteiger partial charge in [0.15, 0.2) is 9.84 Å². The number of carbonyl (C=O) groups excluding carboxylic acids is 1. The van der Waals surface area contributed by atoms with Crippen LogP contribution in [0.3, 0.4) is 0 Å². The Balaban J connectivity index is 1.49. The van der Waals surface area contributed by atoms with Crippen molar-refractivity contribution < 1.29 is 13.2 Å². The number of anilines is 1. The number of hydrogen-bond donors (Lipinski definition) is 0. The number of sulfone groups is 1. The zero-order chi connectivity index (χ0) is 21.8. The second kappa shape index (κ2) is 9.30. The highest BCUT2D eigenvalue weighted by molar-refractivity contribution is 7.90. The number of amides is 1. The maximum Gasteiger partial charge on any atom is 0.228 e. The van der Waals surface area contributed by atoms with Crippen LogP contribution in [0.25, 0.3) is 0 Å². The number of rotatable bonds is 5. The first-order chi connectivity index (χ1) is 14.9. The van der Waals surface area contributed by atoms with Crippen molar-refractivity contribution in [2.24, 2.45) is 0 Å². The van der Waals surface area contributed by atoms with Gasteiger partial charge in [-0.25, -0.2) is 18.4 Å². The van der Waals surface area contributed by atoms with Gasteiger partial charge in [-0.15, -0.1) is 0 Å². The summed E-state index contributed by atoms with van der Waals surface area (Å²) in [7, 11) is -3.43. The quantitative estimate of drug-likeness (QED) is 0.699. The summed E-state index contributed by atoms with van der Waals surface area (Å²) in [5, 5.41) is 0. The molecule has 1 amide bonds. The Morgan fingerprint density at radius 2 is 1.81 bits per heavy atom. The molecule has 0 unspecified atom stereocenters. The van der Waals surface area contributed by atoms with Gasteiger partial charge in [0.05, 0.1) is 18.3 Å². The molecule has 8 nitrogen and oxygen atoms in total. The highest BCUT2D eigenvalue weighted by Gasteiger charge is 2.30. The molecular weight excluding hydrogens is 414 g/mol. The van der Waals surface area contributed by atoms with Crippen LogP contribution in [-0.2, 0) is 21.1 Å². The van der Waals surface area contributed by atoms with Crippen LogP contribution in [0, 0.1) is 0 Å². The molecule has 0 radical (unpaired) electrons. The van der Waals surface area contributed by atoms with Crippen LogP contribution in [0.5, 0.6) is 0 Å². The molecule has 166 valence electrons. The van der Waals surface area contributed by atoms with Crippen molar-refractivity contribution >= 4 is 21.7 Å². The lowest BCUT2D eigenvalue weighted by Crippen LogP contribution is -2.39. The Morgan fingerprint density at radius 3 is 2.45 bits per heavy atom. The normalized spacial score (nSPS) is 18.2. The van der Waals surface area contributed by atoms with Gasteiger partial charge in [-0.2, -0.15) is 0 Å². The van der Waals surface area contributed by atoms with E-state index in [4.69, 9.17) is 4.98 Å². The van der Waals surface area contributed by atoms with Crippen molar-refractivity contribution in [2.75, 3.05) is 37.3 Å². The largest absolute Gasteiger partial charge is 0.342 e. The predicted octanol–water partition coefficient (Wildman–Crippen LogP) is 2.21. The number of carbonyl (C=O) groups is 1. The zero-order valence-corrected chi connectivity index (χ0v) is 18.7. The van der Waals surface area contributed by atoms with E-state index in [2.05, 4.69) is 14.9 Å². The summed E-state index contributed by atoms with van der Waals surface area (Å²) >= 11 is 0. The monoisotopic (exact) mass is 443 g/mol. The molecule has 4 rings (SSSR count). The molecule has 0 atom stereocenters. The van der Waals surface area contributed by atoms with Gasteiger partial charge in [-0.05, 0) is 44.2 Å². The van der Waals surface area contributed by atoms with E-state index in [1.807, 2.05) is 23.1 Å². The molecule has 4 heterocycles. The van der Waals surface area contributed by atoms with Crippen LogP contribution in [0.1, 0.15) is 49.4 Å². The van der Waals surface area contributed by atoms with Crippen molar-refractivity contribution in [3.8, 4) is 0 Å². The Labute approximate surface area is 183 Å². The topological polar surface area (TPSA) is 96.4 Å². The smallest absolute Gasteiger partial charge is 0.228 e. The molecule has 2 aromatic heterocycles.